The number of halogens is 1. The van der Waals surface area contributed by atoms with E-state index in [2.05, 4.69) is 4.98 Å². The number of aromatic carboxylic acids is 1. The first-order chi connectivity index (χ1) is 9.61. The molecule has 104 valence electrons. The molecule has 0 spiro atoms. The Labute approximate surface area is 120 Å². The van der Waals surface area contributed by atoms with Crippen LogP contribution in [0.1, 0.15) is 15.9 Å². The maximum Gasteiger partial charge on any atom is 0.337 e. The van der Waals surface area contributed by atoms with Crippen LogP contribution in [0.5, 0.6) is 11.6 Å². The standard InChI is InChI=1S/C14H12ClNO4/c15-12-11(14(18)19)5-7-16-13(12)20-10-3-1-9(2-4-10)6-8-17/h1-5,7,17H,6,8H2,(H,18,19). The van der Waals surface area contributed by atoms with E-state index in [1.165, 1.54) is 12.3 Å². The van der Waals surface area contributed by atoms with Crippen LogP contribution >= 0.6 is 11.6 Å². The number of rotatable bonds is 5. The zero-order chi connectivity index (χ0) is 14.5. The second-order valence-corrected chi connectivity index (χ2v) is 4.38. The molecule has 6 heteroatoms. The van der Waals surface area contributed by atoms with Gasteiger partial charge in [0.2, 0.25) is 5.88 Å². The number of hydrogen-bond donors (Lipinski definition) is 2. The number of ether oxygens (including phenoxy) is 1. The van der Waals surface area contributed by atoms with E-state index in [-0.39, 0.29) is 23.1 Å². The van der Waals surface area contributed by atoms with Crippen LogP contribution in [0.15, 0.2) is 36.5 Å². The topological polar surface area (TPSA) is 79.7 Å². The first kappa shape index (κ1) is 14.3. The van der Waals surface area contributed by atoms with E-state index < -0.39 is 5.97 Å². The Morgan fingerprint density at radius 1 is 1.25 bits per heavy atom. The van der Waals surface area contributed by atoms with Gasteiger partial charge in [-0.05, 0) is 30.2 Å². The highest BCUT2D eigenvalue weighted by Crippen LogP contribution is 2.29. The minimum absolute atomic E-state index is 0.0422. The van der Waals surface area contributed by atoms with Gasteiger partial charge in [0.05, 0.1) is 5.56 Å². The SMILES string of the molecule is O=C(O)c1ccnc(Oc2ccc(CCO)cc2)c1Cl. The van der Waals surface area contributed by atoms with Gasteiger partial charge in [-0.1, -0.05) is 23.7 Å². The summed E-state index contributed by atoms with van der Waals surface area (Å²) in [7, 11) is 0. The van der Waals surface area contributed by atoms with Crippen LogP contribution in [0.3, 0.4) is 0 Å². The number of carbonyl (C=O) groups is 1. The van der Waals surface area contributed by atoms with Gasteiger partial charge in [-0.25, -0.2) is 9.78 Å². The van der Waals surface area contributed by atoms with E-state index >= 15 is 0 Å². The van der Waals surface area contributed by atoms with Crippen molar-refractivity contribution in [1.29, 1.82) is 0 Å². The molecule has 0 fully saturated rings. The lowest BCUT2D eigenvalue weighted by Crippen LogP contribution is -2.00. The number of carboxylic acids is 1. The van der Waals surface area contributed by atoms with Crippen molar-refractivity contribution >= 4 is 17.6 Å². The van der Waals surface area contributed by atoms with Crippen molar-refractivity contribution in [1.82, 2.24) is 4.98 Å². The number of hydrogen-bond acceptors (Lipinski definition) is 4. The van der Waals surface area contributed by atoms with Crippen molar-refractivity contribution in [2.45, 2.75) is 6.42 Å². The fraction of sp³-hybridized carbons (Fsp3) is 0.143. The van der Waals surface area contributed by atoms with Crippen LogP contribution in [0.2, 0.25) is 5.02 Å². The Morgan fingerprint density at radius 3 is 2.55 bits per heavy atom. The molecule has 1 aromatic heterocycles. The first-order valence-electron chi connectivity index (χ1n) is 5.87. The van der Waals surface area contributed by atoms with Crippen LogP contribution in [0, 0.1) is 0 Å². The van der Waals surface area contributed by atoms with Gasteiger partial charge in [0, 0.05) is 12.8 Å². The third kappa shape index (κ3) is 3.26. The predicted octanol–water partition coefficient (Wildman–Crippen LogP) is 2.76. The van der Waals surface area contributed by atoms with Crippen LogP contribution in [0.25, 0.3) is 0 Å². The molecule has 1 aromatic carbocycles. The molecule has 0 atom stereocenters. The summed E-state index contributed by atoms with van der Waals surface area (Å²) in [6.45, 7) is 0.0776. The molecule has 2 N–H and O–H groups in total. The van der Waals surface area contributed by atoms with Gasteiger partial charge in [-0.15, -0.1) is 0 Å². The monoisotopic (exact) mass is 293 g/mol. The van der Waals surface area contributed by atoms with E-state index in [4.69, 9.17) is 26.6 Å². The summed E-state index contributed by atoms with van der Waals surface area (Å²) in [5, 5.41) is 17.7. The maximum absolute atomic E-state index is 11.0. The number of nitrogens with zero attached hydrogens (tertiary/aromatic N) is 1. The summed E-state index contributed by atoms with van der Waals surface area (Å²) >= 11 is 5.93. The molecule has 0 aliphatic carbocycles. The van der Waals surface area contributed by atoms with Crippen LogP contribution in [-0.4, -0.2) is 27.8 Å². The first-order valence-corrected chi connectivity index (χ1v) is 6.25. The van der Waals surface area contributed by atoms with Gasteiger partial charge in [-0.3, -0.25) is 0 Å². The summed E-state index contributed by atoms with van der Waals surface area (Å²) in [5.74, 6) is -0.606. The van der Waals surface area contributed by atoms with Crippen molar-refractivity contribution < 1.29 is 19.7 Å². The molecule has 2 rings (SSSR count). The number of aromatic nitrogens is 1. The average Bonchev–Trinajstić information content (AvgIpc) is 2.43. The Balaban J connectivity index is 2.21. The molecule has 0 aliphatic heterocycles. The molecule has 0 bridgehead atoms. The Bertz CT molecular complexity index is 613. The fourth-order valence-electron chi connectivity index (χ4n) is 1.63. The lowest BCUT2D eigenvalue weighted by atomic mass is 10.1. The molecule has 0 saturated carbocycles. The van der Waals surface area contributed by atoms with Gasteiger partial charge in [-0.2, -0.15) is 0 Å². The third-order valence-electron chi connectivity index (χ3n) is 2.63. The molecule has 0 aliphatic rings. The fourth-order valence-corrected chi connectivity index (χ4v) is 1.86. The van der Waals surface area contributed by atoms with Crippen molar-refractivity contribution in [3.63, 3.8) is 0 Å². The number of pyridine rings is 1. The Morgan fingerprint density at radius 2 is 1.95 bits per heavy atom. The minimum Gasteiger partial charge on any atom is -0.478 e. The van der Waals surface area contributed by atoms with Gasteiger partial charge < -0.3 is 14.9 Å². The molecule has 0 radical (unpaired) electrons. The van der Waals surface area contributed by atoms with Crippen molar-refractivity contribution in [3.05, 3.63) is 52.7 Å². The van der Waals surface area contributed by atoms with Crippen LogP contribution in [0.4, 0.5) is 0 Å². The summed E-state index contributed by atoms with van der Waals surface area (Å²) in [4.78, 5) is 14.9. The third-order valence-corrected chi connectivity index (χ3v) is 2.99. The summed E-state index contributed by atoms with van der Waals surface area (Å²) in [5.41, 5.74) is 0.909. The van der Waals surface area contributed by atoms with Gasteiger partial charge in [0.1, 0.15) is 10.8 Å². The van der Waals surface area contributed by atoms with E-state index in [0.29, 0.717) is 12.2 Å². The second kappa shape index (κ2) is 6.36. The molecular formula is C14H12ClNO4. The highest BCUT2D eigenvalue weighted by molar-refractivity contribution is 6.34. The number of carboxylic acid groups (broad SMARTS) is 1. The van der Waals surface area contributed by atoms with Gasteiger partial charge in [0.15, 0.2) is 0 Å². The molecule has 5 nitrogen and oxygen atoms in total. The van der Waals surface area contributed by atoms with Crippen LogP contribution in [-0.2, 0) is 6.42 Å². The zero-order valence-electron chi connectivity index (χ0n) is 10.4. The number of aliphatic hydroxyl groups excluding tert-OH is 1. The van der Waals surface area contributed by atoms with E-state index in [1.54, 1.807) is 24.3 Å². The number of aliphatic hydroxyl groups is 1. The van der Waals surface area contributed by atoms with Crippen molar-refractivity contribution in [2.24, 2.45) is 0 Å². The molecule has 20 heavy (non-hydrogen) atoms. The highest BCUT2D eigenvalue weighted by atomic mass is 35.5. The molecule has 0 saturated heterocycles. The molecule has 0 amide bonds. The largest absolute Gasteiger partial charge is 0.478 e. The lowest BCUT2D eigenvalue weighted by molar-refractivity contribution is 0.0696. The smallest absolute Gasteiger partial charge is 0.337 e. The second-order valence-electron chi connectivity index (χ2n) is 4.00. The molecule has 2 aromatic rings. The van der Waals surface area contributed by atoms with Gasteiger partial charge >= 0.3 is 5.97 Å². The zero-order valence-corrected chi connectivity index (χ0v) is 11.2. The summed E-state index contributed by atoms with van der Waals surface area (Å²) < 4.78 is 5.46. The molecule has 1 heterocycles. The lowest BCUT2D eigenvalue weighted by Gasteiger charge is -2.08. The maximum atomic E-state index is 11.0. The average molecular weight is 294 g/mol. The summed E-state index contributed by atoms with van der Waals surface area (Å²) in [6, 6.07) is 8.33. The number of benzene rings is 1. The van der Waals surface area contributed by atoms with Crippen molar-refractivity contribution in [3.8, 4) is 11.6 Å². The predicted molar refractivity (Wildman–Crippen MR) is 73.5 cm³/mol. The van der Waals surface area contributed by atoms with Gasteiger partial charge in [0.25, 0.3) is 0 Å². The summed E-state index contributed by atoms with van der Waals surface area (Å²) in [6.07, 6.45) is 1.89. The quantitative estimate of drug-likeness (QED) is 0.886. The minimum atomic E-state index is -1.14. The van der Waals surface area contributed by atoms with E-state index in [1.807, 2.05) is 0 Å². The molecular weight excluding hydrogens is 282 g/mol. The van der Waals surface area contributed by atoms with Crippen molar-refractivity contribution in [2.75, 3.05) is 6.61 Å². The normalized spacial score (nSPS) is 10.3. The van der Waals surface area contributed by atoms with E-state index in [9.17, 15) is 4.79 Å². The van der Waals surface area contributed by atoms with E-state index in [0.717, 1.165) is 5.56 Å². The highest BCUT2D eigenvalue weighted by Gasteiger charge is 2.14. The Hall–Kier alpha value is -2.11. The van der Waals surface area contributed by atoms with Crippen LogP contribution < -0.4 is 4.74 Å². The Kier molecular flexibility index (Phi) is 4.55. The molecule has 0 unspecified atom stereocenters.